The Hall–Kier alpha value is -1.16. The lowest BCUT2D eigenvalue weighted by Gasteiger charge is -2.15. The molecule has 0 saturated heterocycles. The van der Waals surface area contributed by atoms with Gasteiger partial charge in [0.25, 0.3) is 5.91 Å². The number of rotatable bonds is 0. The number of amides is 1. The number of fused-ring (bicyclic) bond motifs is 1. The highest BCUT2D eigenvalue weighted by Gasteiger charge is 2.20. The Morgan fingerprint density at radius 3 is 3.08 bits per heavy atom. The van der Waals surface area contributed by atoms with Crippen molar-refractivity contribution in [2.75, 3.05) is 0 Å². The molecular formula is C9H6BrNO2. The van der Waals surface area contributed by atoms with E-state index in [0.717, 1.165) is 6.08 Å². The maximum Gasteiger partial charge on any atom is 0.274 e. The molecule has 3 nitrogen and oxygen atoms in total. The van der Waals surface area contributed by atoms with Crippen molar-refractivity contribution in [1.29, 1.82) is 0 Å². The minimum absolute atomic E-state index is 0.0104. The van der Waals surface area contributed by atoms with Gasteiger partial charge in [-0.15, -0.1) is 0 Å². The van der Waals surface area contributed by atoms with Gasteiger partial charge in [-0.25, -0.2) is 4.99 Å². The van der Waals surface area contributed by atoms with Crippen molar-refractivity contribution in [3.63, 3.8) is 0 Å². The quantitative estimate of drug-likeness (QED) is 0.654. The van der Waals surface area contributed by atoms with Crippen LogP contribution in [0.5, 0.6) is 0 Å². The molecule has 0 fully saturated rings. The van der Waals surface area contributed by atoms with Crippen molar-refractivity contribution >= 4 is 27.5 Å². The number of carbonyl (C=O) groups is 1. The molecule has 4 heteroatoms. The Kier molecular flexibility index (Phi) is 1.92. The molecule has 1 aliphatic carbocycles. The van der Waals surface area contributed by atoms with E-state index in [1.54, 1.807) is 12.2 Å². The fraction of sp³-hybridized carbons (Fsp3) is 0.111. The summed E-state index contributed by atoms with van der Waals surface area (Å²) in [6, 6.07) is 0. The maximum atomic E-state index is 10.9. The van der Waals surface area contributed by atoms with Gasteiger partial charge in [0.2, 0.25) is 0 Å². The minimum Gasteiger partial charge on any atom is -0.507 e. The highest BCUT2D eigenvalue weighted by molar-refractivity contribution is 9.09. The summed E-state index contributed by atoms with van der Waals surface area (Å²) in [6.07, 6.45) is 6.50. The van der Waals surface area contributed by atoms with E-state index in [1.807, 2.05) is 6.08 Å². The summed E-state index contributed by atoms with van der Waals surface area (Å²) in [7, 11) is 0. The third-order valence-corrected chi connectivity index (χ3v) is 2.38. The number of nitrogens with zero attached hydrogens (tertiary/aromatic N) is 1. The molecule has 1 amide bonds. The molecule has 0 saturated carbocycles. The van der Waals surface area contributed by atoms with E-state index in [4.69, 9.17) is 0 Å². The smallest absolute Gasteiger partial charge is 0.274 e. The standard InChI is InChI=1S/C9H6BrNO2/c10-5-1-2-7-6(3-5)8(12)4-9(13)11-7/h1-5,12H. The molecule has 2 aliphatic rings. The van der Waals surface area contributed by atoms with Gasteiger partial charge in [-0.2, -0.15) is 0 Å². The predicted octanol–water partition coefficient (Wildman–Crippen LogP) is 1.67. The molecule has 66 valence electrons. The van der Waals surface area contributed by atoms with Crippen LogP contribution in [0.1, 0.15) is 0 Å². The average molecular weight is 240 g/mol. The summed E-state index contributed by atoms with van der Waals surface area (Å²) in [4.78, 5) is 14.8. The van der Waals surface area contributed by atoms with Crippen LogP contribution in [0.2, 0.25) is 0 Å². The molecule has 1 aliphatic heterocycles. The summed E-state index contributed by atoms with van der Waals surface area (Å²) < 4.78 is 0. The van der Waals surface area contributed by atoms with Crippen molar-refractivity contribution in [3.05, 3.63) is 35.6 Å². The highest BCUT2D eigenvalue weighted by Crippen LogP contribution is 2.22. The molecule has 1 heterocycles. The zero-order valence-corrected chi connectivity index (χ0v) is 8.15. The first kappa shape index (κ1) is 8.44. The summed E-state index contributed by atoms with van der Waals surface area (Å²) in [5, 5.41) is 9.43. The van der Waals surface area contributed by atoms with E-state index >= 15 is 0 Å². The van der Waals surface area contributed by atoms with Gasteiger partial charge >= 0.3 is 0 Å². The number of hydrogen-bond acceptors (Lipinski definition) is 2. The summed E-state index contributed by atoms with van der Waals surface area (Å²) in [5.74, 6) is -0.425. The van der Waals surface area contributed by atoms with Crippen molar-refractivity contribution in [1.82, 2.24) is 0 Å². The van der Waals surface area contributed by atoms with Crippen LogP contribution in [-0.2, 0) is 4.79 Å². The molecule has 0 spiro atoms. The lowest BCUT2D eigenvalue weighted by molar-refractivity contribution is -0.113. The van der Waals surface area contributed by atoms with Gasteiger partial charge < -0.3 is 5.11 Å². The lowest BCUT2D eigenvalue weighted by atomic mass is 9.99. The molecule has 1 unspecified atom stereocenters. The van der Waals surface area contributed by atoms with Crippen molar-refractivity contribution < 1.29 is 9.90 Å². The van der Waals surface area contributed by atoms with E-state index in [9.17, 15) is 9.90 Å². The van der Waals surface area contributed by atoms with Crippen molar-refractivity contribution in [3.8, 4) is 0 Å². The van der Waals surface area contributed by atoms with E-state index in [1.165, 1.54) is 0 Å². The number of halogens is 1. The molecule has 2 rings (SSSR count). The van der Waals surface area contributed by atoms with Gasteiger partial charge in [0.05, 0.1) is 10.5 Å². The third kappa shape index (κ3) is 1.49. The average Bonchev–Trinajstić information content (AvgIpc) is 2.06. The highest BCUT2D eigenvalue weighted by atomic mass is 79.9. The monoisotopic (exact) mass is 239 g/mol. The predicted molar refractivity (Wildman–Crippen MR) is 53.1 cm³/mol. The number of carbonyl (C=O) groups excluding carboxylic acids is 1. The van der Waals surface area contributed by atoms with Crippen LogP contribution >= 0.6 is 15.9 Å². The molecule has 0 bridgehead atoms. The third-order valence-electron chi connectivity index (χ3n) is 1.81. The Labute approximate surface area is 83.3 Å². The van der Waals surface area contributed by atoms with Crippen molar-refractivity contribution in [2.45, 2.75) is 4.83 Å². The second kappa shape index (κ2) is 2.96. The number of hydrogen-bond donors (Lipinski definition) is 1. The number of aliphatic hydroxyl groups excluding tert-OH is 1. The van der Waals surface area contributed by atoms with Crippen LogP contribution in [0.15, 0.2) is 40.6 Å². The normalized spacial score (nSPS) is 26.1. The number of allylic oxidation sites excluding steroid dienone is 4. The molecular weight excluding hydrogens is 234 g/mol. The van der Waals surface area contributed by atoms with Crippen LogP contribution in [0.4, 0.5) is 0 Å². The fourth-order valence-corrected chi connectivity index (χ4v) is 1.65. The second-order valence-corrected chi connectivity index (χ2v) is 3.81. The van der Waals surface area contributed by atoms with E-state index in [2.05, 4.69) is 20.9 Å². The van der Waals surface area contributed by atoms with E-state index in [-0.39, 0.29) is 10.6 Å². The Morgan fingerprint density at radius 1 is 1.54 bits per heavy atom. The first-order chi connectivity index (χ1) is 6.16. The maximum absolute atomic E-state index is 10.9. The number of alkyl halides is 1. The molecule has 0 aromatic carbocycles. The number of aliphatic hydroxyl groups is 1. The first-order valence-corrected chi connectivity index (χ1v) is 4.66. The van der Waals surface area contributed by atoms with Gasteiger partial charge in [0.15, 0.2) is 0 Å². The molecule has 1 atom stereocenters. The largest absolute Gasteiger partial charge is 0.507 e. The fourth-order valence-electron chi connectivity index (χ4n) is 1.23. The summed E-state index contributed by atoms with van der Waals surface area (Å²) >= 11 is 3.35. The Bertz CT molecular complexity index is 390. The van der Waals surface area contributed by atoms with Gasteiger partial charge in [-0.3, -0.25) is 4.79 Å². The van der Waals surface area contributed by atoms with E-state index in [0.29, 0.717) is 11.3 Å². The minimum atomic E-state index is -0.415. The summed E-state index contributed by atoms with van der Waals surface area (Å²) in [5.41, 5.74) is 1.14. The second-order valence-electron chi connectivity index (χ2n) is 2.75. The first-order valence-electron chi connectivity index (χ1n) is 3.75. The van der Waals surface area contributed by atoms with Gasteiger partial charge in [0.1, 0.15) is 5.76 Å². The van der Waals surface area contributed by atoms with Crippen LogP contribution in [0.3, 0.4) is 0 Å². The van der Waals surface area contributed by atoms with Crippen LogP contribution in [0, 0.1) is 0 Å². The van der Waals surface area contributed by atoms with Crippen LogP contribution in [-0.4, -0.2) is 21.6 Å². The lowest BCUT2D eigenvalue weighted by Crippen LogP contribution is -2.16. The SMILES string of the molecule is O=C1C=C(O)C2=CC(Br)C=CC2=N1. The summed E-state index contributed by atoms with van der Waals surface area (Å²) in [6.45, 7) is 0. The molecule has 0 aromatic rings. The Morgan fingerprint density at radius 2 is 2.31 bits per heavy atom. The molecule has 13 heavy (non-hydrogen) atoms. The van der Waals surface area contributed by atoms with Crippen molar-refractivity contribution in [2.24, 2.45) is 4.99 Å². The molecule has 0 radical (unpaired) electrons. The van der Waals surface area contributed by atoms with Gasteiger partial charge in [-0.1, -0.05) is 28.1 Å². The Balaban J connectivity index is 2.48. The zero-order chi connectivity index (χ0) is 9.42. The van der Waals surface area contributed by atoms with Gasteiger partial charge in [-0.05, 0) is 6.08 Å². The van der Waals surface area contributed by atoms with Gasteiger partial charge in [0, 0.05) is 11.6 Å². The molecule has 0 aromatic heterocycles. The van der Waals surface area contributed by atoms with Crippen LogP contribution in [0.25, 0.3) is 0 Å². The molecule has 1 N–H and O–H groups in total. The van der Waals surface area contributed by atoms with E-state index < -0.39 is 5.91 Å². The van der Waals surface area contributed by atoms with Crippen LogP contribution < -0.4 is 0 Å². The topological polar surface area (TPSA) is 49.7 Å². The number of aliphatic imine (C=N–C) groups is 1. The number of dihydropyridines is 1. The zero-order valence-electron chi connectivity index (χ0n) is 6.57.